The molecule has 0 bridgehead atoms. The molecule has 4 nitrogen and oxygen atoms in total. The van der Waals surface area contributed by atoms with E-state index in [-0.39, 0.29) is 12.5 Å². The molecule has 0 spiro atoms. The van der Waals surface area contributed by atoms with Gasteiger partial charge in [-0.05, 0) is 61.2 Å². The first-order valence-corrected chi connectivity index (χ1v) is 10.3. The van der Waals surface area contributed by atoms with Crippen molar-refractivity contribution in [3.05, 3.63) is 88.4 Å². The molecular weight excluding hydrogens is 430 g/mol. The molecule has 1 amide bonds. The number of anilines is 1. The number of ether oxygens (including phenoxy) is 2. The number of amides is 1. The molecule has 0 aromatic heterocycles. The van der Waals surface area contributed by atoms with Gasteiger partial charge in [-0.25, -0.2) is 0 Å². The monoisotopic (exact) mass is 453 g/mol. The molecule has 0 saturated heterocycles. The molecule has 29 heavy (non-hydrogen) atoms. The molecule has 3 aromatic rings. The molecule has 1 N–H and O–H groups in total. The number of nitrogens with one attached hydrogen (secondary N) is 1. The van der Waals surface area contributed by atoms with Crippen molar-refractivity contribution >= 4 is 27.5 Å². The van der Waals surface area contributed by atoms with Crippen molar-refractivity contribution in [2.24, 2.45) is 0 Å². The predicted molar refractivity (Wildman–Crippen MR) is 120 cm³/mol. The SMILES string of the molecule is Cc1cc(OCC(=O)Nc2cccc(OCCCc3ccccc3)c2)ccc1Br. The molecule has 0 radical (unpaired) electrons. The first-order valence-electron chi connectivity index (χ1n) is 9.56. The molecule has 0 heterocycles. The summed E-state index contributed by atoms with van der Waals surface area (Å²) in [5.41, 5.74) is 3.05. The second-order valence-corrected chi connectivity index (χ2v) is 7.57. The molecule has 3 aromatic carbocycles. The lowest BCUT2D eigenvalue weighted by molar-refractivity contribution is -0.118. The van der Waals surface area contributed by atoms with Gasteiger partial charge in [0.1, 0.15) is 11.5 Å². The normalized spacial score (nSPS) is 10.4. The zero-order chi connectivity index (χ0) is 20.5. The van der Waals surface area contributed by atoms with Gasteiger partial charge in [0.2, 0.25) is 0 Å². The van der Waals surface area contributed by atoms with E-state index in [1.165, 1.54) is 5.56 Å². The fraction of sp³-hybridized carbons (Fsp3) is 0.208. The Hall–Kier alpha value is -2.79. The fourth-order valence-electron chi connectivity index (χ4n) is 2.83. The topological polar surface area (TPSA) is 47.6 Å². The minimum absolute atomic E-state index is 0.0523. The van der Waals surface area contributed by atoms with Crippen molar-refractivity contribution < 1.29 is 14.3 Å². The highest BCUT2D eigenvalue weighted by Crippen LogP contribution is 2.22. The maximum Gasteiger partial charge on any atom is 0.262 e. The number of benzene rings is 3. The van der Waals surface area contributed by atoms with Crippen molar-refractivity contribution in [2.45, 2.75) is 19.8 Å². The number of carbonyl (C=O) groups is 1. The van der Waals surface area contributed by atoms with Gasteiger partial charge < -0.3 is 14.8 Å². The summed E-state index contributed by atoms with van der Waals surface area (Å²) in [7, 11) is 0. The molecule has 0 aliphatic carbocycles. The van der Waals surface area contributed by atoms with Crippen LogP contribution in [-0.4, -0.2) is 19.1 Å². The highest BCUT2D eigenvalue weighted by atomic mass is 79.9. The summed E-state index contributed by atoms with van der Waals surface area (Å²) in [5, 5.41) is 2.84. The predicted octanol–water partition coefficient (Wildman–Crippen LogP) is 5.79. The van der Waals surface area contributed by atoms with Crippen LogP contribution in [-0.2, 0) is 11.2 Å². The van der Waals surface area contributed by atoms with Crippen LogP contribution < -0.4 is 14.8 Å². The third kappa shape index (κ3) is 6.95. The summed E-state index contributed by atoms with van der Waals surface area (Å²) in [4.78, 5) is 12.2. The third-order valence-electron chi connectivity index (χ3n) is 4.34. The summed E-state index contributed by atoms with van der Waals surface area (Å²) >= 11 is 3.45. The van der Waals surface area contributed by atoms with E-state index in [4.69, 9.17) is 9.47 Å². The van der Waals surface area contributed by atoms with Crippen LogP contribution in [0.15, 0.2) is 77.3 Å². The largest absolute Gasteiger partial charge is 0.494 e. The van der Waals surface area contributed by atoms with Gasteiger partial charge in [-0.15, -0.1) is 0 Å². The summed E-state index contributed by atoms with van der Waals surface area (Å²) in [6.45, 7) is 2.55. The van der Waals surface area contributed by atoms with E-state index in [1.807, 2.05) is 67.6 Å². The maximum absolute atomic E-state index is 12.2. The number of hydrogen-bond donors (Lipinski definition) is 1. The Labute approximate surface area is 180 Å². The van der Waals surface area contributed by atoms with Crippen LogP contribution in [0.2, 0.25) is 0 Å². The van der Waals surface area contributed by atoms with Crippen molar-refractivity contribution in [1.82, 2.24) is 0 Å². The minimum atomic E-state index is -0.216. The molecular formula is C24H24BrNO3. The minimum Gasteiger partial charge on any atom is -0.494 e. The first kappa shape index (κ1) is 20.9. The number of carbonyl (C=O) groups excluding carboxylic acids is 1. The standard InChI is InChI=1S/C24H24BrNO3/c1-18-15-22(12-13-23(18)25)29-17-24(27)26-20-10-5-11-21(16-20)28-14-6-9-19-7-3-2-4-8-19/h2-5,7-8,10-13,15-16H,6,9,14,17H2,1H3,(H,26,27). The smallest absolute Gasteiger partial charge is 0.262 e. The van der Waals surface area contributed by atoms with E-state index >= 15 is 0 Å². The van der Waals surface area contributed by atoms with Crippen LogP contribution >= 0.6 is 15.9 Å². The number of rotatable bonds is 9. The average Bonchev–Trinajstić information content (AvgIpc) is 2.73. The number of halogens is 1. The highest BCUT2D eigenvalue weighted by Gasteiger charge is 2.06. The Morgan fingerprint density at radius 3 is 2.52 bits per heavy atom. The molecule has 5 heteroatoms. The fourth-order valence-corrected chi connectivity index (χ4v) is 3.07. The Kier molecular flexibility index (Phi) is 7.70. The van der Waals surface area contributed by atoms with E-state index in [2.05, 4.69) is 33.4 Å². The molecule has 0 aliphatic rings. The van der Waals surface area contributed by atoms with Gasteiger partial charge in [0, 0.05) is 16.2 Å². The molecule has 0 saturated carbocycles. The van der Waals surface area contributed by atoms with Gasteiger partial charge in [-0.3, -0.25) is 4.79 Å². The second kappa shape index (κ2) is 10.7. The third-order valence-corrected chi connectivity index (χ3v) is 5.23. The van der Waals surface area contributed by atoms with Crippen LogP contribution in [0.1, 0.15) is 17.5 Å². The van der Waals surface area contributed by atoms with Gasteiger partial charge in [-0.2, -0.15) is 0 Å². The molecule has 0 aliphatic heterocycles. The van der Waals surface area contributed by atoms with E-state index in [0.29, 0.717) is 18.0 Å². The van der Waals surface area contributed by atoms with E-state index in [0.717, 1.165) is 28.6 Å². The van der Waals surface area contributed by atoms with E-state index in [1.54, 1.807) is 0 Å². The molecule has 0 fully saturated rings. The van der Waals surface area contributed by atoms with Crippen LogP contribution in [0, 0.1) is 6.92 Å². The molecule has 150 valence electrons. The quantitative estimate of drug-likeness (QED) is 0.417. The van der Waals surface area contributed by atoms with Crippen LogP contribution in [0.5, 0.6) is 11.5 Å². The Bertz CT molecular complexity index is 944. The number of hydrogen-bond acceptors (Lipinski definition) is 3. The van der Waals surface area contributed by atoms with Crippen LogP contribution in [0.4, 0.5) is 5.69 Å². The Morgan fingerprint density at radius 2 is 1.72 bits per heavy atom. The molecule has 0 atom stereocenters. The Morgan fingerprint density at radius 1 is 0.931 bits per heavy atom. The maximum atomic E-state index is 12.2. The second-order valence-electron chi connectivity index (χ2n) is 6.71. The summed E-state index contributed by atoms with van der Waals surface area (Å²) in [6, 6.07) is 23.4. The van der Waals surface area contributed by atoms with Gasteiger partial charge in [0.05, 0.1) is 6.61 Å². The molecule has 3 rings (SSSR count). The lowest BCUT2D eigenvalue weighted by atomic mass is 10.1. The zero-order valence-electron chi connectivity index (χ0n) is 16.4. The van der Waals surface area contributed by atoms with E-state index in [9.17, 15) is 4.79 Å². The zero-order valence-corrected chi connectivity index (χ0v) is 17.9. The highest BCUT2D eigenvalue weighted by molar-refractivity contribution is 9.10. The van der Waals surface area contributed by atoms with Crippen molar-refractivity contribution in [2.75, 3.05) is 18.5 Å². The van der Waals surface area contributed by atoms with Crippen LogP contribution in [0.25, 0.3) is 0 Å². The lowest BCUT2D eigenvalue weighted by Gasteiger charge is -2.10. The van der Waals surface area contributed by atoms with Gasteiger partial charge in [0.25, 0.3) is 5.91 Å². The summed E-state index contributed by atoms with van der Waals surface area (Å²) in [5.74, 6) is 1.18. The van der Waals surface area contributed by atoms with Gasteiger partial charge in [0.15, 0.2) is 6.61 Å². The van der Waals surface area contributed by atoms with Crippen molar-refractivity contribution in [3.8, 4) is 11.5 Å². The molecule has 0 unspecified atom stereocenters. The van der Waals surface area contributed by atoms with Crippen molar-refractivity contribution in [1.29, 1.82) is 0 Å². The van der Waals surface area contributed by atoms with Crippen LogP contribution in [0.3, 0.4) is 0 Å². The summed E-state index contributed by atoms with van der Waals surface area (Å²) < 4.78 is 12.4. The van der Waals surface area contributed by atoms with E-state index < -0.39 is 0 Å². The Balaban J connectivity index is 1.43. The average molecular weight is 454 g/mol. The van der Waals surface area contributed by atoms with Gasteiger partial charge in [-0.1, -0.05) is 52.3 Å². The summed E-state index contributed by atoms with van der Waals surface area (Å²) in [6.07, 6.45) is 1.91. The lowest BCUT2D eigenvalue weighted by Crippen LogP contribution is -2.20. The number of aryl methyl sites for hydroxylation is 2. The first-order chi connectivity index (χ1) is 14.1. The van der Waals surface area contributed by atoms with Crippen molar-refractivity contribution in [3.63, 3.8) is 0 Å². The van der Waals surface area contributed by atoms with Gasteiger partial charge >= 0.3 is 0 Å².